The molecule has 1 aliphatic rings. The molecule has 4 heteroatoms. The van der Waals surface area contributed by atoms with Crippen molar-refractivity contribution in [1.29, 1.82) is 0 Å². The van der Waals surface area contributed by atoms with E-state index < -0.39 is 0 Å². The number of rotatable bonds is 7. The Kier molecular flexibility index (Phi) is 6.54. The highest BCUT2D eigenvalue weighted by atomic mass is 16.5. The number of carbonyl (C=O) groups is 1. The molecule has 1 saturated heterocycles. The Morgan fingerprint density at radius 3 is 2.90 bits per heavy atom. The zero-order valence-corrected chi connectivity index (χ0v) is 12.9. The van der Waals surface area contributed by atoms with Crippen molar-refractivity contribution in [3.05, 3.63) is 30.3 Å². The SMILES string of the molecule is CN(CCOc1ccccc1)C(=O)CCC1CCCNC1. The first-order valence-electron chi connectivity index (χ1n) is 7.88. The highest BCUT2D eigenvalue weighted by molar-refractivity contribution is 5.75. The highest BCUT2D eigenvalue weighted by Gasteiger charge is 2.16. The van der Waals surface area contributed by atoms with Gasteiger partial charge in [-0.1, -0.05) is 18.2 Å². The molecule has 1 N–H and O–H groups in total. The monoisotopic (exact) mass is 290 g/mol. The number of likely N-dealkylation sites (N-methyl/N-ethyl adjacent to an activating group) is 1. The number of piperidine rings is 1. The van der Waals surface area contributed by atoms with E-state index >= 15 is 0 Å². The molecule has 1 aromatic carbocycles. The minimum atomic E-state index is 0.220. The van der Waals surface area contributed by atoms with Crippen molar-refractivity contribution in [2.24, 2.45) is 5.92 Å². The molecule has 0 bridgehead atoms. The van der Waals surface area contributed by atoms with Crippen LogP contribution in [0.3, 0.4) is 0 Å². The standard InChI is InChI=1S/C17H26N2O2/c1-19(12-13-21-16-7-3-2-4-8-16)17(20)10-9-15-6-5-11-18-14-15/h2-4,7-8,15,18H,5-6,9-14H2,1H3. The van der Waals surface area contributed by atoms with Crippen molar-refractivity contribution in [2.75, 3.05) is 33.3 Å². The van der Waals surface area contributed by atoms with Gasteiger partial charge in [-0.05, 0) is 50.4 Å². The van der Waals surface area contributed by atoms with Gasteiger partial charge in [0, 0.05) is 13.5 Å². The van der Waals surface area contributed by atoms with Gasteiger partial charge in [0.1, 0.15) is 12.4 Å². The summed E-state index contributed by atoms with van der Waals surface area (Å²) in [5.41, 5.74) is 0. The zero-order chi connectivity index (χ0) is 14.9. The molecule has 1 amide bonds. The molecule has 0 aromatic heterocycles. The van der Waals surface area contributed by atoms with E-state index in [0.29, 0.717) is 25.5 Å². The normalized spacial score (nSPS) is 18.2. The molecule has 21 heavy (non-hydrogen) atoms. The van der Waals surface area contributed by atoms with Gasteiger partial charge in [0.25, 0.3) is 0 Å². The maximum Gasteiger partial charge on any atom is 0.222 e. The van der Waals surface area contributed by atoms with Gasteiger partial charge in [-0.15, -0.1) is 0 Å². The molecule has 1 fully saturated rings. The number of para-hydroxylation sites is 1. The number of amides is 1. The van der Waals surface area contributed by atoms with Crippen LogP contribution in [0.1, 0.15) is 25.7 Å². The van der Waals surface area contributed by atoms with E-state index in [1.54, 1.807) is 4.90 Å². The lowest BCUT2D eigenvalue weighted by atomic mass is 9.94. The Balaban J connectivity index is 1.60. The topological polar surface area (TPSA) is 41.6 Å². The summed E-state index contributed by atoms with van der Waals surface area (Å²) in [6.45, 7) is 3.36. The number of hydrogen-bond donors (Lipinski definition) is 1. The molecule has 1 atom stereocenters. The third-order valence-corrected chi connectivity index (χ3v) is 4.03. The number of benzene rings is 1. The Bertz CT molecular complexity index is 416. The first-order valence-corrected chi connectivity index (χ1v) is 7.88. The van der Waals surface area contributed by atoms with Gasteiger partial charge in [0.15, 0.2) is 0 Å². The molecule has 1 heterocycles. The van der Waals surface area contributed by atoms with Gasteiger partial charge in [0.05, 0.1) is 6.54 Å². The van der Waals surface area contributed by atoms with E-state index in [1.807, 2.05) is 37.4 Å². The van der Waals surface area contributed by atoms with Crippen LogP contribution in [0.2, 0.25) is 0 Å². The van der Waals surface area contributed by atoms with Crippen molar-refractivity contribution in [1.82, 2.24) is 10.2 Å². The van der Waals surface area contributed by atoms with E-state index in [0.717, 1.165) is 25.3 Å². The average molecular weight is 290 g/mol. The minimum absolute atomic E-state index is 0.220. The van der Waals surface area contributed by atoms with E-state index in [2.05, 4.69) is 5.32 Å². The molecule has 1 aliphatic heterocycles. The third-order valence-electron chi connectivity index (χ3n) is 4.03. The summed E-state index contributed by atoms with van der Waals surface area (Å²) in [6, 6.07) is 9.71. The fraction of sp³-hybridized carbons (Fsp3) is 0.588. The molecule has 0 radical (unpaired) electrons. The predicted octanol–water partition coefficient (Wildman–Crippen LogP) is 2.30. The predicted molar refractivity (Wildman–Crippen MR) is 84.4 cm³/mol. The Labute approximate surface area is 127 Å². The van der Waals surface area contributed by atoms with E-state index in [1.165, 1.54) is 12.8 Å². The summed E-state index contributed by atoms with van der Waals surface area (Å²) in [5.74, 6) is 1.74. The fourth-order valence-corrected chi connectivity index (χ4v) is 2.63. The van der Waals surface area contributed by atoms with Gasteiger partial charge in [-0.25, -0.2) is 0 Å². The first-order chi connectivity index (χ1) is 10.3. The van der Waals surface area contributed by atoms with Crippen LogP contribution in [-0.4, -0.2) is 44.1 Å². The van der Waals surface area contributed by atoms with E-state index in [4.69, 9.17) is 4.74 Å². The van der Waals surface area contributed by atoms with Gasteiger partial charge in [-0.3, -0.25) is 4.79 Å². The van der Waals surface area contributed by atoms with Crippen LogP contribution in [0.25, 0.3) is 0 Å². The second-order valence-corrected chi connectivity index (χ2v) is 5.73. The van der Waals surface area contributed by atoms with Gasteiger partial charge >= 0.3 is 0 Å². The van der Waals surface area contributed by atoms with Crippen LogP contribution in [0.4, 0.5) is 0 Å². The summed E-state index contributed by atoms with van der Waals surface area (Å²) in [4.78, 5) is 13.9. The summed E-state index contributed by atoms with van der Waals surface area (Å²) in [6.07, 6.45) is 4.13. The fourth-order valence-electron chi connectivity index (χ4n) is 2.63. The van der Waals surface area contributed by atoms with Crippen molar-refractivity contribution in [2.45, 2.75) is 25.7 Å². The molecule has 4 nitrogen and oxygen atoms in total. The number of nitrogens with one attached hydrogen (secondary N) is 1. The van der Waals surface area contributed by atoms with Crippen molar-refractivity contribution >= 4 is 5.91 Å². The van der Waals surface area contributed by atoms with Crippen LogP contribution < -0.4 is 10.1 Å². The summed E-state index contributed by atoms with van der Waals surface area (Å²) >= 11 is 0. The zero-order valence-electron chi connectivity index (χ0n) is 12.9. The molecular formula is C17H26N2O2. The third kappa shape index (κ3) is 5.76. The average Bonchev–Trinajstić information content (AvgIpc) is 2.54. The lowest BCUT2D eigenvalue weighted by Crippen LogP contribution is -2.33. The van der Waals surface area contributed by atoms with E-state index in [-0.39, 0.29) is 5.91 Å². The molecule has 0 aliphatic carbocycles. The van der Waals surface area contributed by atoms with E-state index in [9.17, 15) is 4.79 Å². The van der Waals surface area contributed by atoms with Crippen molar-refractivity contribution in [3.8, 4) is 5.75 Å². The maximum absolute atomic E-state index is 12.1. The van der Waals surface area contributed by atoms with Crippen molar-refractivity contribution in [3.63, 3.8) is 0 Å². The molecule has 1 unspecified atom stereocenters. The number of ether oxygens (including phenoxy) is 1. The van der Waals surface area contributed by atoms with Crippen LogP contribution in [0, 0.1) is 5.92 Å². The summed E-state index contributed by atoms with van der Waals surface area (Å²) in [5, 5.41) is 3.40. The molecule has 0 saturated carbocycles. The molecule has 116 valence electrons. The number of nitrogens with zero attached hydrogens (tertiary/aromatic N) is 1. The lowest BCUT2D eigenvalue weighted by molar-refractivity contribution is -0.130. The largest absolute Gasteiger partial charge is 0.492 e. The molecule has 0 spiro atoms. The van der Waals surface area contributed by atoms with Crippen LogP contribution in [0.15, 0.2) is 30.3 Å². The Hall–Kier alpha value is -1.55. The summed E-state index contributed by atoms with van der Waals surface area (Å²) < 4.78 is 5.62. The second kappa shape index (κ2) is 8.67. The number of carbonyl (C=O) groups excluding carboxylic acids is 1. The van der Waals surface area contributed by atoms with Gasteiger partial charge in [-0.2, -0.15) is 0 Å². The second-order valence-electron chi connectivity index (χ2n) is 5.73. The summed E-state index contributed by atoms with van der Waals surface area (Å²) in [7, 11) is 1.86. The highest BCUT2D eigenvalue weighted by Crippen LogP contribution is 2.16. The van der Waals surface area contributed by atoms with Gasteiger partial charge in [0.2, 0.25) is 5.91 Å². The number of hydrogen-bond acceptors (Lipinski definition) is 3. The first kappa shape index (κ1) is 15.8. The van der Waals surface area contributed by atoms with Crippen LogP contribution >= 0.6 is 0 Å². The van der Waals surface area contributed by atoms with Crippen molar-refractivity contribution < 1.29 is 9.53 Å². The quantitative estimate of drug-likeness (QED) is 0.838. The lowest BCUT2D eigenvalue weighted by Gasteiger charge is -2.23. The molecule has 2 rings (SSSR count). The Morgan fingerprint density at radius 1 is 1.38 bits per heavy atom. The maximum atomic E-state index is 12.1. The smallest absolute Gasteiger partial charge is 0.222 e. The molecular weight excluding hydrogens is 264 g/mol. The van der Waals surface area contributed by atoms with Crippen LogP contribution in [-0.2, 0) is 4.79 Å². The van der Waals surface area contributed by atoms with Crippen LogP contribution in [0.5, 0.6) is 5.75 Å². The molecule has 1 aromatic rings. The van der Waals surface area contributed by atoms with Gasteiger partial charge < -0.3 is 15.0 Å². The Morgan fingerprint density at radius 2 is 2.19 bits per heavy atom. The minimum Gasteiger partial charge on any atom is -0.492 e.